The van der Waals surface area contributed by atoms with Crippen LogP contribution in [0.1, 0.15) is 17.4 Å². The third-order valence-corrected chi connectivity index (χ3v) is 3.42. The lowest BCUT2D eigenvalue weighted by molar-refractivity contribution is 0.530. The van der Waals surface area contributed by atoms with E-state index in [1.807, 2.05) is 23.9 Å². The van der Waals surface area contributed by atoms with Crippen LogP contribution in [0, 0.1) is 0 Å². The van der Waals surface area contributed by atoms with E-state index in [1.165, 1.54) is 0 Å². The maximum absolute atomic E-state index is 6.17. The summed E-state index contributed by atoms with van der Waals surface area (Å²) < 4.78 is 1.95. The predicted octanol–water partition coefficient (Wildman–Crippen LogP) is 2.47. The third kappa shape index (κ3) is 2.84. The van der Waals surface area contributed by atoms with Crippen molar-refractivity contribution in [1.29, 1.82) is 0 Å². The number of hydrogen-bond donors (Lipinski definition) is 2. The highest BCUT2D eigenvalue weighted by Crippen LogP contribution is 2.27. The zero-order valence-corrected chi connectivity index (χ0v) is 11.4. The Kier molecular flexibility index (Phi) is 4.24. The fraction of sp³-hybridized carbons (Fsp3) is 0.250. The SMILES string of the molecule is Cn1ccnc1CC(NN)c1cc(Cl)ccc1Cl. The van der Waals surface area contributed by atoms with Gasteiger partial charge in [0.2, 0.25) is 0 Å². The number of aryl methyl sites for hydroxylation is 1. The molecule has 3 N–H and O–H groups in total. The number of benzene rings is 1. The summed E-state index contributed by atoms with van der Waals surface area (Å²) in [5.74, 6) is 6.53. The van der Waals surface area contributed by atoms with Gasteiger partial charge in [-0.1, -0.05) is 23.2 Å². The molecule has 1 aromatic heterocycles. The minimum atomic E-state index is -0.128. The minimum Gasteiger partial charge on any atom is -0.338 e. The van der Waals surface area contributed by atoms with Gasteiger partial charge in [0.25, 0.3) is 0 Å². The number of halogens is 2. The Hall–Kier alpha value is -1.07. The van der Waals surface area contributed by atoms with Gasteiger partial charge in [-0.3, -0.25) is 11.3 Å². The summed E-state index contributed by atoms with van der Waals surface area (Å²) in [6.07, 6.45) is 4.28. The lowest BCUT2D eigenvalue weighted by Gasteiger charge is -2.17. The summed E-state index contributed by atoms with van der Waals surface area (Å²) in [4.78, 5) is 4.27. The number of imidazole rings is 1. The van der Waals surface area contributed by atoms with E-state index in [-0.39, 0.29) is 6.04 Å². The molecule has 6 heteroatoms. The molecule has 0 aliphatic carbocycles. The first-order valence-electron chi connectivity index (χ1n) is 5.49. The summed E-state index contributed by atoms with van der Waals surface area (Å²) in [7, 11) is 1.94. The van der Waals surface area contributed by atoms with Crippen molar-refractivity contribution in [3.05, 3.63) is 52.0 Å². The summed E-state index contributed by atoms with van der Waals surface area (Å²) in [6.45, 7) is 0. The number of nitrogens with two attached hydrogens (primary N) is 1. The molecule has 0 saturated carbocycles. The molecule has 1 unspecified atom stereocenters. The van der Waals surface area contributed by atoms with Crippen LogP contribution in [0.2, 0.25) is 10.0 Å². The minimum absolute atomic E-state index is 0.128. The van der Waals surface area contributed by atoms with Crippen molar-refractivity contribution < 1.29 is 0 Å². The Morgan fingerprint density at radius 1 is 1.44 bits per heavy atom. The molecular weight excluding hydrogens is 271 g/mol. The second-order valence-corrected chi connectivity index (χ2v) is 4.89. The molecule has 0 fully saturated rings. The maximum Gasteiger partial charge on any atom is 0.110 e. The molecule has 0 radical (unpaired) electrons. The Morgan fingerprint density at radius 3 is 2.83 bits per heavy atom. The summed E-state index contributed by atoms with van der Waals surface area (Å²) in [5, 5.41) is 1.27. The van der Waals surface area contributed by atoms with Crippen LogP contribution in [-0.4, -0.2) is 9.55 Å². The van der Waals surface area contributed by atoms with Crippen LogP contribution in [0.4, 0.5) is 0 Å². The zero-order chi connectivity index (χ0) is 13.1. The average molecular weight is 285 g/mol. The molecular formula is C12H14Cl2N4. The van der Waals surface area contributed by atoms with E-state index >= 15 is 0 Å². The van der Waals surface area contributed by atoms with Gasteiger partial charge in [0.1, 0.15) is 5.82 Å². The topological polar surface area (TPSA) is 55.9 Å². The first-order chi connectivity index (χ1) is 8.61. The number of hydrazine groups is 1. The molecule has 0 aliphatic heterocycles. The third-order valence-electron chi connectivity index (χ3n) is 2.84. The normalized spacial score (nSPS) is 12.7. The second-order valence-electron chi connectivity index (χ2n) is 4.04. The Morgan fingerprint density at radius 2 is 2.22 bits per heavy atom. The van der Waals surface area contributed by atoms with Gasteiger partial charge < -0.3 is 4.57 Å². The lowest BCUT2D eigenvalue weighted by Crippen LogP contribution is -2.30. The van der Waals surface area contributed by atoms with E-state index in [0.29, 0.717) is 16.5 Å². The highest BCUT2D eigenvalue weighted by atomic mass is 35.5. The highest BCUT2D eigenvalue weighted by Gasteiger charge is 2.16. The molecule has 1 atom stereocenters. The fourth-order valence-electron chi connectivity index (χ4n) is 1.82. The van der Waals surface area contributed by atoms with E-state index in [0.717, 1.165) is 11.4 Å². The standard InChI is InChI=1S/C12H14Cl2N4/c1-18-5-4-16-12(18)7-11(17-15)9-6-8(13)2-3-10(9)14/h2-6,11,17H,7,15H2,1H3. The van der Waals surface area contributed by atoms with Crippen LogP contribution >= 0.6 is 23.2 Å². The van der Waals surface area contributed by atoms with Crippen molar-refractivity contribution in [2.24, 2.45) is 12.9 Å². The van der Waals surface area contributed by atoms with E-state index in [2.05, 4.69) is 10.4 Å². The molecule has 96 valence electrons. The Labute approximate surface area is 116 Å². The van der Waals surface area contributed by atoms with Crippen LogP contribution in [0.5, 0.6) is 0 Å². The molecule has 0 saturated heterocycles. The number of rotatable bonds is 4. The summed E-state index contributed by atoms with van der Waals surface area (Å²) in [6, 6.07) is 5.21. The van der Waals surface area contributed by atoms with Gasteiger partial charge in [-0.25, -0.2) is 4.98 Å². The average Bonchev–Trinajstić information content (AvgIpc) is 2.75. The van der Waals surface area contributed by atoms with Gasteiger partial charge in [-0.2, -0.15) is 0 Å². The van der Waals surface area contributed by atoms with Crippen molar-refractivity contribution in [2.45, 2.75) is 12.5 Å². The number of hydrogen-bond acceptors (Lipinski definition) is 3. The Bertz CT molecular complexity index is 539. The smallest absolute Gasteiger partial charge is 0.110 e. The lowest BCUT2D eigenvalue weighted by atomic mass is 10.0. The van der Waals surface area contributed by atoms with Crippen molar-refractivity contribution in [1.82, 2.24) is 15.0 Å². The molecule has 2 rings (SSSR count). The first-order valence-corrected chi connectivity index (χ1v) is 6.24. The quantitative estimate of drug-likeness (QED) is 0.670. The van der Waals surface area contributed by atoms with Crippen LogP contribution in [0.3, 0.4) is 0 Å². The molecule has 0 bridgehead atoms. The van der Waals surface area contributed by atoms with Crippen LogP contribution in [0.15, 0.2) is 30.6 Å². The molecule has 1 heterocycles. The molecule has 4 nitrogen and oxygen atoms in total. The van der Waals surface area contributed by atoms with Crippen molar-refractivity contribution in [3.8, 4) is 0 Å². The van der Waals surface area contributed by atoms with Gasteiger partial charge in [0.05, 0.1) is 6.04 Å². The van der Waals surface area contributed by atoms with Gasteiger partial charge in [-0.15, -0.1) is 0 Å². The maximum atomic E-state index is 6.17. The van der Waals surface area contributed by atoms with Crippen molar-refractivity contribution in [2.75, 3.05) is 0 Å². The monoisotopic (exact) mass is 284 g/mol. The molecule has 1 aromatic carbocycles. The number of nitrogens with one attached hydrogen (secondary N) is 1. The highest BCUT2D eigenvalue weighted by molar-refractivity contribution is 6.33. The molecule has 0 spiro atoms. The predicted molar refractivity (Wildman–Crippen MR) is 73.4 cm³/mol. The van der Waals surface area contributed by atoms with Gasteiger partial charge >= 0.3 is 0 Å². The first kappa shape index (κ1) is 13.4. The molecule has 2 aromatic rings. The van der Waals surface area contributed by atoms with Crippen molar-refractivity contribution in [3.63, 3.8) is 0 Å². The number of nitrogens with zero attached hydrogens (tertiary/aromatic N) is 2. The molecule has 0 aliphatic rings. The summed E-state index contributed by atoms with van der Waals surface area (Å²) in [5.41, 5.74) is 3.63. The van der Waals surface area contributed by atoms with Gasteiger partial charge in [0.15, 0.2) is 0 Å². The van der Waals surface area contributed by atoms with E-state index < -0.39 is 0 Å². The molecule has 0 amide bonds. The number of aromatic nitrogens is 2. The van der Waals surface area contributed by atoms with E-state index in [1.54, 1.807) is 18.3 Å². The van der Waals surface area contributed by atoms with E-state index in [4.69, 9.17) is 29.0 Å². The van der Waals surface area contributed by atoms with E-state index in [9.17, 15) is 0 Å². The van der Waals surface area contributed by atoms with Crippen LogP contribution in [-0.2, 0) is 13.5 Å². The van der Waals surface area contributed by atoms with Crippen LogP contribution < -0.4 is 11.3 Å². The second kappa shape index (κ2) is 5.71. The van der Waals surface area contributed by atoms with Gasteiger partial charge in [0, 0.05) is 35.9 Å². The van der Waals surface area contributed by atoms with Crippen molar-refractivity contribution >= 4 is 23.2 Å². The molecule has 18 heavy (non-hydrogen) atoms. The Balaban J connectivity index is 2.28. The summed E-state index contributed by atoms with van der Waals surface area (Å²) >= 11 is 12.2. The van der Waals surface area contributed by atoms with Crippen LogP contribution in [0.25, 0.3) is 0 Å². The zero-order valence-electron chi connectivity index (χ0n) is 9.90. The largest absolute Gasteiger partial charge is 0.338 e. The fourth-order valence-corrected chi connectivity index (χ4v) is 2.25. The van der Waals surface area contributed by atoms with Gasteiger partial charge in [-0.05, 0) is 23.8 Å².